The number of hydrogen-bond donors (Lipinski definition) is 4. The van der Waals surface area contributed by atoms with Gasteiger partial charge in [-0.05, 0) is 77.9 Å². The normalized spacial score (nSPS) is 10.9. The third-order valence-electron chi connectivity index (χ3n) is 6.59. The van der Waals surface area contributed by atoms with Crippen LogP contribution >= 0.6 is 0 Å². The molecule has 3 aromatic rings. The Labute approximate surface area is 216 Å². The maximum Gasteiger partial charge on any atom is 0.115 e. The number of benzene rings is 3. The molecule has 4 heteroatoms. The summed E-state index contributed by atoms with van der Waals surface area (Å²) in [7, 11) is 0. The number of nitrogens with one attached hydrogen (secondary N) is 1. The zero-order valence-electron chi connectivity index (χ0n) is 21.5. The average Bonchev–Trinajstić information content (AvgIpc) is 2.91. The molecule has 4 nitrogen and oxygen atoms in total. The van der Waals surface area contributed by atoms with Crippen LogP contribution in [-0.4, -0.2) is 29.8 Å². The fourth-order valence-corrected chi connectivity index (χ4v) is 4.66. The van der Waals surface area contributed by atoms with Crippen molar-refractivity contribution in [3.05, 3.63) is 95.6 Å². The quantitative estimate of drug-likeness (QED) is 0.128. The molecule has 0 aliphatic heterocycles. The lowest BCUT2D eigenvalue weighted by Crippen LogP contribution is -2.23. The van der Waals surface area contributed by atoms with Gasteiger partial charge in [-0.3, -0.25) is 0 Å². The Hall–Kier alpha value is -3.08. The van der Waals surface area contributed by atoms with Crippen LogP contribution in [0.2, 0.25) is 0 Å². The Bertz CT molecular complexity index is 981. The summed E-state index contributed by atoms with van der Waals surface area (Å²) >= 11 is 0. The molecule has 192 valence electrons. The molecular weight excluding hydrogens is 444 g/mol. The first-order valence-electron chi connectivity index (χ1n) is 13.5. The molecule has 0 saturated heterocycles. The highest BCUT2D eigenvalue weighted by molar-refractivity contribution is 5.98. The van der Waals surface area contributed by atoms with E-state index in [9.17, 15) is 10.2 Å². The summed E-state index contributed by atoms with van der Waals surface area (Å²) in [5, 5.41) is 23.1. The van der Waals surface area contributed by atoms with E-state index in [0.29, 0.717) is 6.54 Å². The molecule has 36 heavy (non-hydrogen) atoms. The van der Waals surface area contributed by atoms with Crippen molar-refractivity contribution in [2.45, 2.75) is 57.8 Å². The SMILES string of the molecule is NCCNCCCCCCCCCCC(=C(c1ccc(O)cc1)c1ccc(O)cc1)c1ccccc1. The monoisotopic (exact) mass is 486 g/mol. The number of allylic oxidation sites excluding steroid dienone is 1. The highest BCUT2D eigenvalue weighted by Gasteiger charge is 2.14. The molecule has 3 rings (SSSR count). The van der Waals surface area contributed by atoms with Gasteiger partial charge in [0.25, 0.3) is 0 Å². The second kappa shape index (κ2) is 15.8. The van der Waals surface area contributed by atoms with Crippen molar-refractivity contribution in [3.8, 4) is 11.5 Å². The first kappa shape index (κ1) is 27.5. The molecule has 0 unspecified atom stereocenters. The van der Waals surface area contributed by atoms with Crippen LogP contribution in [0.15, 0.2) is 78.9 Å². The van der Waals surface area contributed by atoms with Crippen molar-refractivity contribution in [3.63, 3.8) is 0 Å². The van der Waals surface area contributed by atoms with Gasteiger partial charge in [0.15, 0.2) is 0 Å². The molecule has 0 heterocycles. The Kier molecular flexibility index (Phi) is 12.1. The number of unbranched alkanes of at least 4 members (excludes halogenated alkanes) is 7. The van der Waals surface area contributed by atoms with Gasteiger partial charge in [0.05, 0.1) is 0 Å². The van der Waals surface area contributed by atoms with Gasteiger partial charge in [0, 0.05) is 13.1 Å². The number of nitrogens with two attached hydrogens (primary N) is 1. The fraction of sp³-hybridized carbons (Fsp3) is 0.375. The molecule has 0 fully saturated rings. The first-order valence-corrected chi connectivity index (χ1v) is 13.5. The van der Waals surface area contributed by atoms with Crippen LogP contribution in [-0.2, 0) is 0 Å². The van der Waals surface area contributed by atoms with Crippen LogP contribution in [0.5, 0.6) is 11.5 Å². The average molecular weight is 487 g/mol. The maximum absolute atomic E-state index is 9.87. The van der Waals surface area contributed by atoms with Gasteiger partial charge < -0.3 is 21.3 Å². The molecule has 0 saturated carbocycles. The van der Waals surface area contributed by atoms with E-state index in [1.54, 1.807) is 24.3 Å². The fourth-order valence-electron chi connectivity index (χ4n) is 4.66. The lowest BCUT2D eigenvalue weighted by Gasteiger charge is -2.18. The van der Waals surface area contributed by atoms with Crippen molar-refractivity contribution in [1.82, 2.24) is 5.32 Å². The Morgan fingerprint density at radius 3 is 1.58 bits per heavy atom. The van der Waals surface area contributed by atoms with Crippen LogP contribution in [0.1, 0.15) is 74.5 Å². The minimum absolute atomic E-state index is 0.261. The van der Waals surface area contributed by atoms with E-state index in [0.717, 1.165) is 42.6 Å². The lowest BCUT2D eigenvalue weighted by molar-refractivity contribution is 0.475. The highest BCUT2D eigenvalue weighted by Crippen LogP contribution is 2.36. The Morgan fingerprint density at radius 1 is 0.556 bits per heavy atom. The van der Waals surface area contributed by atoms with Crippen molar-refractivity contribution in [2.24, 2.45) is 5.73 Å². The Morgan fingerprint density at radius 2 is 1.06 bits per heavy atom. The molecule has 0 aromatic heterocycles. The van der Waals surface area contributed by atoms with Gasteiger partial charge in [-0.1, -0.05) is 93.1 Å². The van der Waals surface area contributed by atoms with Crippen LogP contribution in [0.4, 0.5) is 0 Å². The van der Waals surface area contributed by atoms with Crippen LogP contribution in [0.3, 0.4) is 0 Å². The standard InChI is InChI=1S/C32H42N2O2/c33-23-25-34-24-11-6-4-2-1-3-5-10-14-31(26-12-8-7-9-13-26)32(27-15-19-29(35)20-16-27)28-17-21-30(36)22-18-28/h7-9,12-13,15-22,34-36H,1-6,10-11,14,23-25,33H2. The van der Waals surface area contributed by atoms with Crippen molar-refractivity contribution >= 4 is 11.1 Å². The van der Waals surface area contributed by atoms with Gasteiger partial charge in [0.2, 0.25) is 0 Å². The smallest absolute Gasteiger partial charge is 0.115 e. The molecule has 0 amide bonds. The van der Waals surface area contributed by atoms with Crippen molar-refractivity contribution in [2.75, 3.05) is 19.6 Å². The van der Waals surface area contributed by atoms with E-state index < -0.39 is 0 Å². The predicted octanol–water partition coefficient (Wildman–Crippen LogP) is 7.12. The van der Waals surface area contributed by atoms with Gasteiger partial charge >= 0.3 is 0 Å². The van der Waals surface area contributed by atoms with Gasteiger partial charge in [-0.25, -0.2) is 0 Å². The minimum atomic E-state index is 0.261. The Balaban J connectivity index is 1.67. The number of phenols is 2. The molecule has 0 spiro atoms. The molecule has 0 aliphatic rings. The molecule has 0 aliphatic carbocycles. The highest BCUT2D eigenvalue weighted by atomic mass is 16.3. The molecule has 0 radical (unpaired) electrons. The predicted molar refractivity (Wildman–Crippen MR) is 152 cm³/mol. The maximum atomic E-state index is 9.87. The summed E-state index contributed by atoms with van der Waals surface area (Å²) < 4.78 is 0. The zero-order chi connectivity index (χ0) is 25.4. The van der Waals surface area contributed by atoms with Gasteiger partial charge in [0.1, 0.15) is 11.5 Å². The summed E-state index contributed by atoms with van der Waals surface area (Å²) in [4.78, 5) is 0. The largest absolute Gasteiger partial charge is 0.508 e. The van der Waals surface area contributed by atoms with E-state index in [4.69, 9.17) is 5.73 Å². The van der Waals surface area contributed by atoms with E-state index >= 15 is 0 Å². The summed E-state index contributed by atoms with van der Waals surface area (Å²) in [6.45, 7) is 2.71. The summed E-state index contributed by atoms with van der Waals surface area (Å²) in [6.07, 6.45) is 11.0. The summed E-state index contributed by atoms with van der Waals surface area (Å²) in [5.41, 5.74) is 11.3. The summed E-state index contributed by atoms with van der Waals surface area (Å²) in [6, 6.07) is 25.5. The summed E-state index contributed by atoms with van der Waals surface area (Å²) in [5.74, 6) is 0.522. The zero-order valence-corrected chi connectivity index (χ0v) is 21.5. The van der Waals surface area contributed by atoms with Crippen LogP contribution < -0.4 is 11.1 Å². The number of phenolic OH excluding ortho intramolecular Hbond substituents is 2. The van der Waals surface area contributed by atoms with E-state index in [1.807, 2.05) is 24.3 Å². The molecule has 0 atom stereocenters. The van der Waals surface area contributed by atoms with Crippen LogP contribution in [0, 0.1) is 0 Å². The third-order valence-corrected chi connectivity index (χ3v) is 6.59. The second-order valence-electron chi connectivity index (χ2n) is 9.43. The number of hydrogen-bond acceptors (Lipinski definition) is 4. The van der Waals surface area contributed by atoms with E-state index in [1.165, 1.54) is 56.1 Å². The third kappa shape index (κ3) is 9.18. The molecule has 5 N–H and O–H groups in total. The molecule has 3 aromatic carbocycles. The number of rotatable bonds is 16. The van der Waals surface area contributed by atoms with Gasteiger partial charge in [-0.15, -0.1) is 0 Å². The first-order chi connectivity index (χ1) is 17.7. The van der Waals surface area contributed by atoms with Crippen molar-refractivity contribution in [1.29, 1.82) is 0 Å². The second-order valence-corrected chi connectivity index (χ2v) is 9.43. The van der Waals surface area contributed by atoms with Crippen LogP contribution in [0.25, 0.3) is 11.1 Å². The molecule has 0 bridgehead atoms. The topological polar surface area (TPSA) is 78.5 Å². The lowest BCUT2D eigenvalue weighted by atomic mass is 9.86. The van der Waals surface area contributed by atoms with Gasteiger partial charge in [-0.2, -0.15) is 0 Å². The number of aromatic hydroxyl groups is 2. The minimum Gasteiger partial charge on any atom is -0.508 e. The molecular formula is C32H42N2O2. The van der Waals surface area contributed by atoms with Crippen molar-refractivity contribution < 1.29 is 10.2 Å². The van der Waals surface area contributed by atoms with E-state index in [2.05, 4.69) is 35.6 Å². The van der Waals surface area contributed by atoms with E-state index in [-0.39, 0.29) is 11.5 Å².